The monoisotopic (exact) mass is 452 g/mol. The van der Waals surface area contributed by atoms with Crippen molar-refractivity contribution in [3.05, 3.63) is 66.2 Å². The summed E-state index contributed by atoms with van der Waals surface area (Å²) in [5.74, 6) is 0.845. The van der Waals surface area contributed by atoms with Crippen LogP contribution in [0.1, 0.15) is 18.4 Å². The van der Waals surface area contributed by atoms with Gasteiger partial charge in [0, 0.05) is 19.6 Å². The summed E-state index contributed by atoms with van der Waals surface area (Å²) < 4.78 is 38.6. The minimum absolute atomic E-state index is 0.138. The van der Waals surface area contributed by atoms with Crippen molar-refractivity contribution < 1.29 is 22.7 Å². The van der Waals surface area contributed by atoms with Gasteiger partial charge in [-0.15, -0.1) is 0 Å². The number of fused-ring (bicyclic) bond motifs is 2. The van der Waals surface area contributed by atoms with Crippen molar-refractivity contribution in [1.29, 1.82) is 0 Å². The van der Waals surface area contributed by atoms with E-state index >= 15 is 0 Å². The van der Waals surface area contributed by atoms with Crippen molar-refractivity contribution in [2.75, 3.05) is 19.9 Å². The first kappa shape index (κ1) is 20.8. The maximum atomic E-state index is 13.3. The normalized spacial score (nSPS) is 18.6. The van der Waals surface area contributed by atoms with E-state index in [2.05, 4.69) is 5.32 Å². The largest absolute Gasteiger partial charge is 0.454 e. The molecule has 0 radical (unpaired) electrons. The number of amides is 1. The summed E-state index contributed by atoms with van der Waals surface area (Å²) in [6.45, 7) is 1.15. The Hall–Kier alpha value is -3.10. The van der Waals surface area contributed by atoms with Crippen LogP contribution in [0.4, 0.5) is 0 Å². The summed E-state index contributed by atoms with van der Waals surface area (Å²) in [6, 6.07) is 18.4. The molecule has 1 N–H and O–H groups in total. The number of sulfonamides is 1. The highest BCUT2D eigenvalue weighted by molar-refractivity contribution is 7.89. The van der Waals surface area contributed by atoms with Crippen molar-refractivity contribution in [2.24, 2.45) is 5.92 Å². The number of piperidine rings is 1. The molecule has 32 heavy (non-hydrogen) atoms. The van der Waals surface area contributed by atoms with Crippen molar-refractivity contribution in [3.8, 4) is 11.5 Å². The van der Waals surface area contributed by atoms with Crippen LogP contribution < -0.4 is 14.8 Å². The van der Waals surface area contributed by atoms with E-state index < -0.39 is 10.0 Å². The van der Waals surface area contributed by atoms with Crippen LogP contribution in [0.25, 0.3) is 10.8 Å². The SMILES string of the molecule is O=C(NCc1ccc2c(c1)OCO2)[C@H]1CCCN(S(=O)(=O)c2ccc3ccccc3c2)C1. The van der Waals surface area contributed by atoms with E-state index in [0.717, 1.165) is 16.3 Å². The average molecular weight is 453 g/mol. The van der Waals surface area contributed by atoms with E-state index in [0.29, 0.717) is 37.4 Å². The molecular weight excluding hydrogens is 428 g/mol. The summed E-state index contributed by atoms with van der Waals surface area (Å²) in [5, 5.41) is 4.81. The maximum absolute atomic E-state index is 13.3. The second-order valence-corrected chi connectivity index (χ2v) is 10.1. The zero-order chi connectivity index (χ0) is 22.1. The van der Waals surface area contributed by atoms with Crippen LogP contribution in [0.15, 0.2) is 65.6 Å². The first-order valence-corrected chi connectivity index (χ1v) is 12.1. The lowest BCUT2D eigenvalue weighted by atomic mass is 9.98. The molecule has 2 heterocycles. The van der Waals surface area contributed by atoms with Gasteiger partial charge in [-0.3, -0.25) is 4.79 Å². The summed E-state index contributed by atoms with van der Waals surface area (Å²) in [6.07, 6.45) is 1.31. The van der Waals surface area contributed by atoms with Crippen molar-refractivity contribution >= 4 is 26.7 Å². The molecule has 166 valence electrons. The Kier molecular flexibility index (Phi) is 5.48. The Balaban J connectivity index is 1.26. The minimum Gasteiger partial charge on any atom is -0.454 e. The third-order valence-electron chi connectivity index (χ3n) is 6.02. The van der Waals surface area contributed by atoms with Crippen LogP contribution in [0.2, 0.25) is 0 Å². The lowest BCUT2D eigenvalue weighted by Gasteiger charge is -2.31. The van der Waals surface area contributed by atoms with Crippen molar-refractivity contribution in [2.45, 2.75) is 24.3 Å². The van der Waals surface area contributed by atoms with Gasteiger partial charge in [-0.2, -0.15) is 4.31 Å². The van der Waals surface area contributed by atoms with E-state index in [4.69, 9.17) is 9.47 Å². The highest BCUT2D eigenvalue weighted by Crippen LogP contribution is 2.32. The topological polar surface area (TPSA) is 84.9 Å². The van der Waals surface area contributed by atoms with E-state index in [1.165, 1.54) is 4.31 Å². The first-order valence-electron chi connectivity index (χ1n) is 10.7. The number of hydrogen-bond donors (Lipinski definition) is 1. The highest BCUT2D eigenvalue weighted by Gasteiger charge is 2.33. The number of ether oxygens (including phenoxy) is 2. The molecule has 2 aliphatic heterocycles. The Bertz CT molecular complexity index is 1270. The quantitative estimate of drug-likeness (QED) is 0.642. The van der Waals surface area contributed by atoms with Gasteiger partial charge in [-0.25, -0.2) is 8.42 Å². The van der Waals surface area contributed by atoms with Crippen molar-refractivity contribution in [1.82, 2.24) is 9.62 Å². The lowest BCUT2D eigenvalue weighted by Crippen LogP contribution is -2.45. The molecule has 0 bridgehead atoms. The first-order chi connectivity index (χ1) is 15.5. The van der Waals surface area contributed by atoms with Crippen LogP contribution in [0.3, 0.4) is 0 Å². The lowest BCUT2D eigenvalue weighted by molar-refractivity contribution is -0.126. The Labute approximate surface area is 187 Å². The van der Waals surface area contributed by atoms with E-state index in [1.807, 2.05) is 48.5 Å². The summed E-state index contributed by atoms with van der Waals surface area (Å²) in [5.41, 5.74) is 0.902. The van der Waals surface area contributed by atoms with Gasteiger partial charge in [-0.1, -0.05) is 36.4 Å². The average Bonchev–Trinajstić information content (AvgIpc) is 3.30. The summed E-state index contributed by atoms with van der Waals surface area (Å²) in [7, 11) is -3.67. The standard InChI is InChI=1S/C24H24N2O5S/c27-24(25-14-17-7-10-22-23(12-17)31-16-30-22)20-6-3-11-26(15-20)32(28,29)21-9-8-18-4-1-2-5-19(18)13-21/h1-2,4-5,7-10,12-13,20H,3,6,11,14-16H2,(H,25,27)/t20-/m0/s1. The molecule has 1 atom stereocenters. The van der Waals surface area contributed by atoms with Gasteiger partial charge in [-0.05, 0) is 53.4 Å². The van der Waals surface area contributed by atoms with Crippen LogP contribution >= 0.6 is 0 Å². The van der Waals surface area contributed by atoms with Gasteiger partial charge in [0.05, 0.1) is 10.8 Å². The molecule has 0 saturated carbocycles. The van der Waals surface area contributed by atoms with E-state index in [1.54, 1.807) is 12.1 Å². The van der Waals surface area contributed by atoms with Gasteiger partial charge < -0.3 is 14.8 Å². The molecule has 7 nitrogen and oxygen atoms in total. The maximum Gasteiger partial charge on any atom is 0.243 e. The van der Waals surface area contributed by atoms with Gasteiger partial charge in [0.25, 0.3) is 0 Å². The molecule has 1 fully saturated rings. The van der Waals surface area contributed by atoms with Gasteiger partial charge >= 0.3 is 0 Å². The molecule has 1 amide bonds. The fourth-order valence-corrected chi connectivity index (χ4v) is 5.80. The summed E-state index contributed by atoms with van der Waals surface area (Å²) >= 11 is 0. The van der Waals surface area contributed by atoms with Crippen LogP contribution in [0, 0.1) is 5.92 Å². The van der Waals surface area contributed by atoms with Gasteiger partial charge in [0.1, 0.15) is 0 Å². The molecule has 0 aliphatic carbocycles. The second kappa shape index (κ2) is 8.44. The molecule has 5 rings (SSSR count). The van der Waals surface area contributed by atoms with Crippen LogP contribution in [-0.2, 0) is 21.4 Å². The Morgan fingerprint density at radius 1 is 1.00 bits per heavy atom. The fourth-order valence-electron chi connectivity index (χ4n) is 4.24. The van der Waals surface area contributed by atoms with Crippen LogP contribution in [-0.4, -0.2) is 38.5 Å². The predicted molar refractivity (Wildman–Crippen MR) is 120 cm³/mol. The smallest absolute Gasteiger partial charge is 0.243 e. The van der Waals surface area contributed by atoms with Crippen molar-refractivity contribution in [3.63, 3.8) is 0 Å². The number of nitrogens with one attached hydrogen (secondary N) is 1. The molecule has 3 aromatic rings. The second-order valence-electron chi connectivity index (χ2n) is 8.12. The molecule has 0 unspecified atom stereocenters. The molecular formula is C24H24N2O5S. The number of nitrogens with zero attached hydrogens (tertiary/aromatic N) is 1. The predicted octanol–water partition coefficient (Wildman–Crippen LogP) is 3.29. The molecule has 3 aromatic carbocycles. The number of benzene rings is 3. The zero-order valence-corrected chi connectivity index (χ0v) is 18.3. The Morgan fingerprint density at radius 2 is 1.81 bits per heavy atom. The number of carbonyl (C=O) groups is 1. The van der Waals surface area contributed by atoms with E-state index in [-0.39, 0.29) is 30.1 Å². The molecule has 0 aromatic heterocycles. The minimum atomic E-state index is -3.67. The summed E-state index contributed by atoms with van der Waals surface area (Å²) in [4.78, 5) is 13.1. The molecule has 0 spiro atoms. The third-order valence-corrected chi connectivity index (χ3v) is 7.88. The fraction of sp³-hybridized carbons (Fsp3) is 0.292. The van der Waals surface area contributed by atoms with Crippen LogP contribution in [0.5, 0.6) is 11.5 Å². The number of carbonyl (C=O) groups excluding carboxylic acids is 1. The molecule has 8 heteroatoms. The number of hydrogen-bond acceptors (Lipinski definition) is 5. The number of rotatable bonds is 5. The molecule has 1 saturated heterocycles. The van der Waals surface area contributed by atoms with E-state index in [9.17, 15) is 13.2 Å². The Morgan fingerprint density at radius 3 is 2.69 bits per heavy atom. The van der Waals surface area contributed by atoms with Gasteiger partial charge in [0.15, 0.2) is 11.5 Å². The van der Waals surface area contributed by atoms with Gasteiger partial charge in [0.2, 0.25) is 22.7 Å². The zero-order valence-electron chi connectivity index (χ0n) is 17.5. The third kappa shape index (κ3) is 4.03. The highest BCUT2D eigenvalue weighted by atomic mass is 32.2. The molecule has 2 aliphatic rings.